The molecular formula is C25H33F3N4O4S. The fourth-order valence-electron chi connectivity index (χ4n) is 5.81. The molecule has 1 saturated carbocycles. The number of thioether (sulfide) groups is 1. The summed E-state index contributed by atoms with van der Waals surface area (Å²) >= 11 is 1.17. The molecule has 1 spiro atoms. The minimum absolute atomic E-state index is 0.0295. The summed E-state index contributed by atoms with van der Waals surface area (Å²) in [5.74, 6) is -0.995. The van der Waals surface area contributed by atoms with Gasteiger partial charge < -0.3 is 25.5 Å². The van der Waals surface area contributed by atoms with Crippen LogP contribution in [0.4, 0.5) is 23.7 Å². The minimum Gasteiger partial charge on any atom is -0.465 e. The number of nitrogens with zero attached hydrogens (tertiary/aromatic N) is 3. The molecule has 0 radical (unpaired) electrons. The van der Waals surface area contributed by atoms with E-state index >= 15 is 0 Å². The standard InChI is InChI=1S/C25H33F3N4O4S/c1-15(2)32(16-6-5-10-30(14-16)23(35)36)21(33)17-12-19-20(13-18(17)25(26,27)28)37-24(7-3-4-8-24)22(34)31(19)11-9-29/h12-13,15-16H,3-11,14,29H2,1-2H3,(H,35,36)/t16-/m1/s1. The molecule has 37 heavy (non-hydrogen) atoms. The molecule has 2 aliphatic heterocycles. The molecule has 4 rings (SSSR count). The molecule has 2 fully saturated rings. The average molecular weight is 543 g/mol. The highest BCUT2D eigenvalue weighted by atomic mass is 32.2. The first kappa shape index (κ1) is 27.6. The number of carbonyl (C=O) groups is 3. The topological polar surface area (TPSA) is 107 Å². The second-order valence-corrected chi connectivity index (χ2v) is 11.7. The van der Waals surface area contributed by atoms with Crippen LogP contribution in [0.1, 0.15) is 68.3 Å². The third-order valence-corrected chi connectivity index (χ3v) is 9.00. The van der Waals surface area contributed by atoms with Crippen LogP contribution in [-0.4, -0.2) is 75.8 Å². The summed E-state index contributed by atoms with van der Waals surface area (Å²) in [5, 5.41) is 9.43. The number of piperidine rings is 1. The van der Waals surface area contributed by atoms with Crippen LogP contribution in [0.2, 0.25) is 0 Å². The lowest BCUT2D eigenvalue weighted by Gasteiger charge is -2.42. The van der Waals surface area contributed by atoms with Gasteiger partial charge in [0.1, 0.15) is 0 Å². The molecule has 204 valence electrons. The van der Waals surface area contributed by atoms with E-state index in [1.165, 1.54) is 32.5 Å². The van der Waals surface area contributed by atoms with Gasteiger partial charge in [0, 0.05) is 37.1 Å². The number of anilines is 1. The maximum absolute atomic E-state index is 14.4. The van der Waals surface area contributed by atoms with E-state index in [1.54, 1.807) is 13.8 Å². The Labute approximate surface area is 218 Å². The smallest absolute Gasteiger partial charge is 0.417 e. The molecule has 2 heterocycles. The number of amides is 3. The summed E-state index contributed by atoms with van der Waals surface area (Å²) in [5.41, 5.74) is 4.47. The molecule has 12 heteroatoms. The molecule has 3 N–H and O–H groups in total. The molecule has 1 aromatic carbocycles. The summed E-state index contributed by atoms with van der Waals surface area (Å²) in [7, 11) is 0. The van der Waals surface area contributed by atoms with Gasteiger partial charge in [0.2, 0.25) is 5.91 Å². The minimum atomic E-state index is -4.80. The van der Waals surface area contributed by atoms with Crippen LogP contribution in [0.15, 0.2) is 17.0 Å². The zero-order valence-corrected chi connectivity index (χ0v) is 21.8. The van der Waals surface area contributed by atoms with E-state index in [4.69, 9.17) is 5.73 Å². The summed E-state index contributed by atoms with van der Waals surface area (Å²) in [6.07, 6.45) is -2.12. The number of benzene rings is 1. The summed E-state index contributed by atoms with van der Waals surface area (Å²) in [4.78, 5) is 43.2. The monoisotopic (exact) mass is 542 g/mol. The average Bonchev–Trinajstić information content (AvgIpc) is 3.30. The summed E-state index contributed by atoms with van der Waals surface area (Å²) in [6, 6.07) is 1.16. The normalized spacial score (nSPS) is 21.5. The molecule has 0 bridgehead atoms. The maximum Gasteiger partial charge on any atom is 0.417 e. The Morgan fingerprint density at radius 2 is 1.92 bits per heavy atom. The third kappa shape index (κ3) is 5.14. The SMILES string of the molecule is CC(C)N(C(=O)c1cc2c(cc1C(F)(F)F)SC1(CCCC1)C(=O)N2CCN)[C@@H]1CCCN(C(=O)O)C1. The van der Waals surface area contributed by atoms with Gasteiger partial charge in [0.05, 0.1) is 27.6 Å². The van der Waals surface area contributed by atoms with E-state index in [9.17, 15) is 32.7 Å². The van der Waals surface area contributed by atoms with Gasteiger partial charge in [-0.1, -0.05) is 12.8 Å². The maximum atomic E-state index is 14.4. The third-order valence-electron chi connectivity index (χ3n) is 7.48. The van der Waals surface area contributed by atoms with Crippen LogP contribution in [-0.2, 0) is 11.0 Å². The Kier molecular flexibility index (Phi) is 7.72. The van der Waals surface area contributed by atoms with Gasteiger partial charge in [-0.15, -0.1) is 11.8 Å². The van der Waals surface area contributed by atoms with Crippen LogP contribution in [0.3, 0.4) is 0 Å². The molecule has 0 unspecified atom stereocenters. The van der Waals surface area contributed by atoms with Crippen molar-refractivity contribution in [2.24, 2.45) is 5.73 Å². The molecule has 1 saturated heterocycles. The zero-order chi connectivity index (χ0) is 27.1. The van der Waals surface area contributed by atoms with Crippen molar-refractivity contribution in [2.75, 3.05) is 31.1 Å². The predicted octanol–water partition coefficient (Wildman–Crippen LogP) is 4.41. The van der Waals surface area contributed by atoms with Crippen molar-refractivity contribution in [3.05, 3.63) is 23.3 Å². The molecule has 0 aromatic heterocycles. The van der Waals surface area contributed by atoms with Crippen LogP contribution in [0.5, 0.6) is 0 Å². The molecule has 1 atom stereocenters. The van der Waals surface area contributed by atoms with E-state index in [2.05, 4.69) is 0 Å². The molecule has 3 aliphatic rings. The summed E-state index contributed by atoms with van der Waals surface area (Å²) in [6.45, 7) is 4.01. The van der Waals surface area contributed by atoms with Gasteiger partial charge in [-0.3, -0.25) is 9.59 Å². The van der Waals surface area contributed by atoms with Crippen LogP contribution >= 0.6 is 11.8 Å². The van der Waals surface area contributed by atoms with Gasteiger partial charge in [0.25, 0.3) is 5.91 Å². The fraction of sp³-hybridized carbons (Fsp3) is 0.640. The van der Waals surface area contributed by atoms with Crippen LogP contribution in [0.25, 0.3) is 0 Å². The second kappa shape index (κ2) is 10.4. The van der Waals surface area contributed by atoms with Gasteiger partial charge >= 0.3 is 12.3 Å². The number of rotatable bonds is 5. The Bertz CT molecular complexity index is 1070. The Balaban J connectivity index is 1.81. The van der Waals surface area contributed by atoms with E-state index in [0.717, 1.165) is 18.9 Å². The largest absolute Gasteiger partial charge is 0.465 e. The lowest BCUT2D eigenvalue weighted by molar-refractivity contribution is -0.138. The number of fused-ring (bicyclic) bond motifs is 1. The molecule has 1 aliphatic carbocycles. The van der Waals surface area contributed by atoms with Crippen molar-refractivity contribution in [3.8, 4) is 0 Å². The van der Waals surface area contributed by atoms with E-state index in [0.29, 0.717) is 37.1 Å². The highest BCUT2D eigenvalue weighted by molar-refractivity contribution is 8.01. The first-order valence-corrected chi connectivity index (χ1v) is 13.5. The van der Waals surface area contributed by atoms with Crippen LogP contribution < -0.4 is 10.6 Å². The number of nitrogens with two attached hydrogens (primary N) is 1. The number of hydrogen-bond donors (Lipinski definition) is 2. The van der Waals surface area contributed by atoms with Gasteiger partial charge in [0.15, 0.2) is 0 Å². The number of halogens is 3. The van der Waals surface area contributed by atoms with Crippen molar-refractivity contribution in [1.82, 2.24) is 9.80 Å². The Morgan fingerprint density at radius 1 is 1.24 bits per heavy atom. The van der Waals surface area contributed by atoms with E-state index < -0.39 is 46.1 Å². The van der Waals surface area contributed by atoms with Gasteiger partial charge in [-0.2, -0.15) is 13.2 Å². The van der Waals surface area contributed by atoms with Crippen molar-refractivity contribution in [1.29, 1.82) is 0 Å². The summed E-state index contributed by atoms with van der Waals surface area (Å²) < 4.78 is 42.3. The van der Waals surface area contributed by atoms with Crippen LogP contribution in [0, 0.1) is 0 Å². The molecule has 3 amide bonds. The predicted molar refractivity (Wildman–Crippen MR) is 134 cm³/mol. The number of hydrogen-bond acceptors (Lipinski definition) is 5. The number of likely N-dealkylation sites (tertiary alicyclic amines) is 1. The van der Waals surface area contributed by atoms with E-state index in [-0.39, 0.29) is 31.2 Å². The fourth-order valence-corrected chi connectivity index (χ4v) is 7.37. The number of carboxylic acid groups (broad SMARTS) is 1. The highest BCUT2D eigenvalue weighted by Crippen LogP contribution is 2.54. The molecular weight excluding hydrogens is 509 g/mol. The Hall–Kier alpha value is -2.47. The molecule has 1 aromatic rings. The Morgan fingerprint density at radius 3 is 2.49 bits per heavy atom. The second-order valence-electron chi connectivity index (χ2n) is 10.2. The van der Waals surface area contributed by atoms with Gasteiger partial charge in [-0.25, -0.2) is 4.79 Å². The highest BCUT2D eigenvalue weighted by Gasteiger charge is 2.50. The van der Waals surface area contributed by atoms with Crippen molar-refractivity contribution in [2.45, 2.75) is 80.3 Å². The molecule has 8 nitrogen and oxygen atoms in total. The van der Waals surface area contributed by atoms with Crippen molar-refractivity contribution in [3.63, 3.8) is 0 Å². The number of carbonyl (C=O) groups excluding carboxylic acids is 2. The van der Waals surface area contributed by atoms with Gasteiger partial charge in [-0.05, 0) is 51.7 Å². The lowest BCUT2D eigenvalue weighted by atomic mass is 9.97. The van der Waals surface area contributed by atoms with E-state index in [1.807, 2.05) is 0 Å². The first-order valence-electron chi connectivity index (χ1n) is 12.7. The lowest BCUT2D eigenvalue weighted by Crippen LogP contribution is -2.54. The quantitative estimate of drug-likeness (QED) is 0.571. The first-order chi connectivity index (χ1) is 17.4. The zero-order valence-electron chi connectivity index (χ0n) is 21.0. The number of alkyl halides is 3. The van der Waals surface area contributed by atoms with Crippen molar-refractivity contribution < 1.29 is 32.7 Å². The van der Waals surface area contributed by atoms with Crippen molar-refractivity contribution >= 4 is 35.4 Å².